The highest BCUT2D eigenvalue weighted by Gasteiger charge is 2.24. The molecule has 0 spiro atoms. The normalized spacial score (nSPS) is 18.5. The van der Waals surface area contributed by atoms with E-state index in [2.05, 4.69) is 16.0 Å². The Kier molecular flexibility index (Phi) is 17.0. The number of alkyl carbamates (subject to hydrolysis) is 1. The van der Waals surface area contributed by atoms with Crippen LogP contribution < -0.4 is 16.0 Å². The maximum atomic E-state index is 12.8. The predicted molar refractivity (Wildman–Crippen MR) is 171 cm³/mol. The molecule has 1 aliphatic heterocycles. The van der Waals surface area contributed by atoms with E-state index in [9.17, 15) is 19.2 Å². The van der Waals surface area contributed by atoms with Crippen LogP contribution in [0.15, 0.2) is 71.0 Å². The molecule has 0 aromatic carbocycles. The molecule has 1 aliphatic rings. The number of nitrogens with one attached hydrogen (secondary N) is 3. The first kappa shape index (κ1) is 37.4. The first-order valence-corrected chi connectivity index (χ1v) is 15.0. The van der Waals surface area contributed by atoms with Crippen molar-refractivity contribution in [3.05, 3.63) is 71.0 Å². The molecule has 4 atom stereocenters. The van der Waals surface area contributed by atoms with Gasteiger partial charge in [-0.25, -0.2) is 9.59 Å². The van der Waals surface area contributed by atoms with Crippen LogP contribution in [0.3, 0.4) is 0 Å². The first-order chi connectivity index (χ1) is 20.2. The molecule has 0 saturated carbocycles. The maximum Gasteiger partial charge on any atom is 0.407 e. The van der Waals surface area contributed by atoms with Crippen LogP contribution >= 0.6 is 11.6 Å². The Balaban J connectivity index is 2.65. The summed E-state index contributed by atoms with van der Waals surface area (Å²) in [5, 5.41) is 8.71. The first-order valence-electron chi connectivity index (χ1n) is 14.7. The van der Waals surface area contributed by atoms with E-state index in [1.807, 2.05) is 59.8 Å². The summed E-state index contributed by atoms with van der Waals surface area (Å²) in [6.45, 7) is 14.8. The molecule has 4 unspecified atom stereocenters. The zero-order valence-corrected chi connectivity index (χ0v) is 27.4. The highest BCUT2D eigenvalue weighted by atomic mass is 35.5. The fourth-order valence-corrected chi connectivity index (χ4v) is 4.09. The smallest absolute Gasteiger partial charge is 0.407 e. The topological polar surface area (TPSA) is 123 Å². The Morgan fingerprint density at radius 3 is 2.35 bits per heavy atom. The minimum atomic E-state index is -0.755. The van der Waals surface area contributed by atoms with Crippen molar-refractivity contribution in [2.45, 2.75) is 98.9 Å². The predicted octanol–water partition coefficient (Wildman–Crippen LogP) is 6.14. The van der Waals surface area contributed by atoms with Gasteiger partial charge in [-0.15, -0.1) is 0 Å². The van der Waals surface area contributed by atoms with Crippen LogP contribution in [0.2, 0.25) is 0 Å². The summed E-state index contributed by atoms with van der Waals surface area (Å²) in [4.78, 5) is 49.1. The summed E-state index contributed by atoms with van der Waals surface area (Å²) < 4.78 is 10.9. The van der Waals surface area contributed by atoms with Crippen LogP contribution in [0.5, 0.6) is 0 Å². The highest BCUT2D eigenvalue weighted by molar-refractivity contribution is 6.29. The Morgan fingerprint density at radius 1 is 1.07 bits per heavy atom. The number of rotatable bonds is 15. The molecule has 9 nitrogen and oxygen atoms in total. The number of allylic oxidation sites excluding steroid dienone is 5. The monoisotopic (exact) mass is 617 g/mol. The van der Waals surface area contributed by atoms with Crippen molar-refractivity contribution in [2.75, 3.05) is 0 Å². The molecule has 1 rings (SSSR count). The molecular weight excluding hydrogens is 570 g/mol. The number of esters is 1. The van der Waals surface area contributed by atoms with Gasteiger partial charge < -0.3 is 25.4 Å². The molecule has 3 N–H and O–H groups in total. The third-order valence-corrected chi connectivity index (χ3v) is 6.55. The van der Waals surface area contributed by atoms with Crippen molar-refractivity contribution in [3.8, 4) is 0 Å². The average Bonchev–Trinajstić information content (AvgIpc) is 2.91. The molecule has 0 aromatic rings. The van der Waals surface area contributed by atoms with Gasteiger partial charge in [-0.2, -0.15) is 0 Å². The number of cyclic esters (lactones) is 1. The van der Waals surface area contributed by atoms with Crippen molar-refractivity contribution in [1.29, 1.82) is 0 Å². The second-order valence-electron chi connectivity index (χ2n) is 11.3. The van der Waals surface area contributed by atoms with Crippen LogP contribution in [-0.2, 0) is 23.9 Å². The van der Waals surface area contributed by atoms with E-state index >= 15 is 0 Å². The number of hydrogen-bond donors (Lipinski definition) is 3. The lowest BCUT2D eigenvalue weighted by atomic mass is 9.96. The van der Waals surface area contributed by atoms with Crippen molar-refractivity contribution >= 4 is 35.5 Å². The van der Waals surface area contributed by atoms with Crippen LogP contribution in [-0.4, -0.2) is 48.2 Å². The standard InChI is InChI=1S/C33H48ClN3O6/c1-21(2)30(31(39)35-19-11-13-27(17-16-26(8)34)42-33(41)36-22(3)4)37-29(38)14-10-9-12-23(5)20-25(7)28-18-15-24(6)32(40)43-28/h9-12,14-16,19-22,25,27-28,30H,13,17-18H2,1-8H3,(H,35,39)(H,36,41)(H,37,38)/b12-9-,14-10-,19-11-,23-20+,26-16+. The van der Waals surface area contributed by atoms with E-state index in [0.29, 0.717) is 29.9 Å². The molecule has 0 aromatic heterocycles. The molecule has 3 amide bonds. The summed E-state index contributed by atoms with van der Waals surface area (Å²) in [5.74, 6) is -1.16. The number of amides is 3. The molecule has 0 saturated heterocycles. The Bertz CT molecular complexity index is 1150. The second kappa shape index (κ2) is 19.6. The van der Waals surface area contributed by atoms with E-state index in [1.165, 1.54) is 12.3 Å². The molecule has 0 aliphatic carbocycles. The van der Waals surface area contributed by atoms with E-state index in [1.54, 1.807) is 38.2 Å². The number of hydrogen-bond acceptors (Lipinski definition) is 6. The quantitative estimate of drug-likeness (QED) is 0.115. The molecule has 43 heavy (non-hydrogen) atoms. The van der Waals surface area contributed by atoms with E-state index in [-0.39, 0.29) is 35.9 Å². The zero-order valence-electron chi connectivity index (χ0n) is 26.6. The summed E-state index contributed by atoms with van der Waals surface area (Å²) in [7, 11) is 0. The van der Waals surface area contributed by atoms with Gasteiger partial charge >= 0.3 is 12.1 Å². The lowest BCUT2D eigenvalue weighted by molar-refractivity contribution is -0.147. The maximum absolute atomic E-state index is 12.8. The molecular formula is C33H48ClN3O6. The number of carbonyl (C=O) groups is 4. The molecule has 10 heteroatoms. The van der Waals surface area contributed by atoms with Crippen LogP contribution in [0, 0.1) is 11.8 Å². The lowest BCUT2D eigenvalue weighted by Gasteiger charge is -2.25. The fourth-order valence-electron chi connectivity index (χ4n) is 4.00. The van der Waals surface area contributed by atoms with Gasteiger partial charge in [-0.1, -0.05) is 80.5 Å². The van der Waals surface area contributed by atoms with Gasteiger partial charge in [0.2, 0.25) is 11.8 Å². The Labute approximate surface area is 261 Å². The number of carbonyl (C=O) groups excluding carboxylic acids is 4. The summed E-state index contributed by atoms with van der Waals surface area (Å²) in [5.41, 5.74) is 1.60. The minimum Gasteiger partial charge on any atom is -0.458 e. The number of ether oxygens (including phenoxy) is 2. The van der Waals surface area contributed by atoms with Crippen molar-refractivity contribution in [2.24, 2.45) is 11.8 Å². The van der Waals surface area contributed by atoms with E-state index in [0.717, 1.165) is 5.57 Å². The average molecular weight is 618 g/mol. The van der Waals surface area contributed by atoms with E-state index < -0.39 is 24.1 Å². The summed E-state index contributed by atoms with van der Waals surface area (Å²) >= 11 is 5.93. The summed E-state index contributed by atoms with van der Waals surface area (Å²) in [6.07, 6.45) is 15.7. The second-order valence-corrected chi connectivity index (χ2v) is 11.9. The molecule has 0 fully saturated rings. The Hall–Kier alpha value is -3.59. The van der Waals surface area contributed by atoms with Crippen molar-refractivity contribution in [3.63, 3.8) is 0 Å². The molecule has 1 heterocycles. The zero-order chi connectivity index (χ0) is 32.5. The van der Waals surface area contributed by atoms with E-state index in [4.69, 9.17) is 21.1 Å². The van der Waals surface area contributed by atoms with Gasteiger partial charge in [-0.05, 0) is 46.7 Å². The third-order valence-electron chi connectivity index (χ3n) is 6.40. The van der Waals surface area contributed by atoms with Crippen molar-refractivity contribution in [1.82, 2.24) is 16.0 Å². The fraction of sp³-hybridized carbons (Fsp3) is 0.515. The highest BCUT2D eigenvalue weighted by Crippen LogP contribution is 2.22. The van der Waals surface area contributed by atoms with Gasteiger partial charge in [0.05, 0.1) is 0 Å². The van der Waals surface area contributed by atoms with Gasteiger partial charge in [0.25, 0.3) is 0 Å². The Morgan fingerprint density at radius 2 is 1.74 bits per heavy atom. The van der Waals surface area contributed by atoms with Gasteiger partial charge in [-0.3, -0.25) is 9.59 Å². The SMILES string of the molecule is CC1=CCC(C(C)/C=C(C)/C=C\C=C/C(=O)NC(C(=O)N/C=C\CC(C/C=C(\C)Cl)OC(=O)NC(C)C)C(C)C)OC1=O. The van der Waals surface area contributed by atoms with Gasteiger partial charge in [0.15, 0.2) is 0 Å². The van der Waals surface area contributed by atoms with Gasteiger partial charge in [0.1, 0.15) is 18.2 Å². The van der Waals surface area contributed by atoms with Gasteiger partial charge in [0, 0.05) is 47.9 Å². The van der Waals surface area contributed by atoms with Crippen LogP contribution in [0.4, 0.5) is 4.79 Å². The number of halogens is 1. The largest absolute Gasteiger partial charge is 0.458 e. The van der Waals surface area contributed by atoms with Crippen molar-refractivity contribution < 1.29 is 28.7 Å². The lowest BCUT2D eigenvalue weighted by Crippen LogP contribution is -2.48. The molecule has 0 radical (unpaired) electrons. The molecule has 238 valence electrons. The third kappa shape index (κ3) is 16.0. The molecule has 0 bridgehead atoms. The summed E-state index contributed by atoms with van der Waals surface area (Å²) in [6, 6.07) is -0.815. The van der Waals surface area contributed by atoms with Crippen LogP contribution in [0.1, 0.15) is 74.7 Å². The minimum absolute atomic E-state index is 0.0408. The van der Waals surface area contributed by atoms with Crippen LogP contribution in [0.25, 0.3) is 0 Å².